The molecular weight excluding hydrogens is 385 g/mol. The summed E-state index contributed by atoms with van der Waals surface area (Å²) >= 11 is 6.25. The molecule has 1 saturated carbocycles. The summed E-state index contributed by atoms with van der Waals surface area (Å²) in [6.45, 7) is 4.42. The summed E-state index contributed by atoms with van der Waals surface area (Å²) in [5, 5.41) is 3.42. The van der Waals surface area contributed by atoms with Gasteiger partial charge in [-0.05, 0) is 43.9 Å². The average Bonchev–Trinajstić information content (AvgIpc) is 2.61. The van der Waals surface area contributed by atoms with Crippen LogP contribution < -0.4 is 5.32 Å². The Morgan fingerprint density at radius 1 is 1.21 bits per heavy atom. The molecule has 2 amide bonds. The van der Waals surface area contributed by atoms with E-state index >= 15 is 0 Å². The lowest BCUT2D eigenvalue weighted by molar-refractivity contribution is -0.173. The quantitative estimate of drug-likeness (QED) is 0.711. The topological polar surface area (TPSA) is 61.9 Å². The number of rotatable bonds is 4. The van der Waals surface area contributed by atoms with E-state index in [-0.39, 0.29) is 47.7 Å². The van der Waals surface area contributed by atoms with Gasteiger partial charge in [-0.1, -0.05) is 6.92 Å². The molecule has 0 bridgehead atoms. The highest BCUT2D eigenvalue weighted by molar-refractivity contribution is 6.20. The van der Waals surface area contributed by atoms with Gasteiger partial charge in [0.1, 0.15) is 18.8 Å². The van der Waals surface area contributed by atoms with Crippen LogP contribution in [0.1, 0.15) is 39.0 Å². The normalized spacial score (nSPS) is 40.5. The van der Waals surface area contributed by atoms with E-state index < -0.39 is 12.2 Å². The van der Waals surface area contributed by atoms with Gasteiger partial charge in [-0.25, -0.2) is 4.39 Å². The maximum atomic E-state index is 13.5. The number of halogens is 2. The van der Waals surface area contributed by atoms with E-state index in [0.717, 1.165) is 19.3 Å². The fraction of sp³-hybridized carbons (Fsp3) is 0.900. The number of carbonyl (C=O) groups is 2. The molecule has 28 heavy (non-hydrogen) atoms. The monoisotopic (exact) mass is 415 g/mol. The van der Waals surface area contributed by atoms with Crippen LogP contribution in [0.3, 0.4) is 0 Å². The van der Waals surface area contributed by atoms with E-state index in [1.807, 2.05) is 0 Å². The van der Waals surface area contributed by atoms with Crippen LogP contribution in [-0.4, -0.2) is 78.2 Å². The van der Waals surface area contributed by atoms with Crippen molar-refractivity contribution in [3.63, 3.8) is 0 Å². The number of carbonyl (C=O) groups excluding carboxylic acids is 2. The van der Waals surface area contributed by atoms with Crippen molar-refractivity contribution in [2.75, 3.05) is 32.8 Å². The number of piperidine rings is 1. The Morgan fingerprint density at radius 2 is 1.93 bits per heavy atom. The smallest absolute Gasteiger partial charge is 0.247 e. The molecule has 4 aliphatic rings. The van der Waals surface area contributed by atoms with Gasteiger partial charge >= 0.3 is 0 Å². The number of nitrogens with zero attached hydrogens (tertiary/aromatic N) is 2. The number of ether oxygens (including phenoxy) is 1. The van der Waals surface area contributed by atoms with Crippen molar-refractivity contribution < 1.29 is 18.7 Å². The van der Waals surface area contributed by atoms with Gasteiger partial charge in [0.05, 0.1) is 19.4 Å². The molecule has 0 aromatic rings. The summed E-state index contributed by atoms with van der Waals surface area (Å²) in [6, 6.07) is -0.458. The molecule has 3 unspecified atom stereocenters. The van der Waals surface area contributed by atoms with Gasteiger partial charge < -0.3 is 14.5 Å². The number of alkyl halides is 2. The minimum Gasteiger partial charge on any atom is -0.380 e. The highest BCUT2D eigenvalue weighted by atomic mass is 35.5. The van der Waals surface area contributed by atoms with Gasteiger partial charge in [0.2, 0.25) is 11.8 Å². The van der Waals surface area contributed by atoms with Crippen LogP contribution in [0.5, 0.6) is 0 Å². The van der Waals surface area contributed by atoms with Gasteiger partial charge in [0, 0.05) is 24.4 Å². The van der Waals surface area contributed by atoms with Gasteiger partial charge in [-0.15, -0.1) is 11.6 Å². The first-order valence-electron chi connectivity index (χ1n) is 10.6. The van der Waals surface area contributed by atoms with Crippen LogP contribution in [0.25, 0.3) is 0 Å². The van der Waals surface area contributed by atoms with Crippen molar-refractivity contribution in [1.82, 2.24) is 15.1 Å². The van der Waals surface area contributed by atoms with Crippen LogP contribution in [0.4, 0.5) is 4.39 Å². The Labute approximate surface area is 171 Å². The van der Waals surface area contributed by atoms with Crippen LogP contribution in [0.15, 0.2) is 0 Å². The SMILES string of the molecule is CC1CC(Cl)CNC1N1CC(=O)N(CC2CCC(F)CC2)[C@H](C2COC2)C1=O. The number of hydrogen-bond acceptors (Lipinski definition) is 4. The molecule has 1 N–H and O–H groups in total. The van der Waals surface area contributed by atoms with Crippen LogP contribution >= 0.6 is 11.6 Å². The Morgan fingerprint density at radius 3 is 2.54 bits per heavy atom. The fourth-order valence-electron chi connectivity index (χ4n) is 5.18. The van der Waals surface area contributed by atoms with Crippen LogP contribution in [0.2, 0.25) is 0 Å². The van der Waals surface area contributed by atoms with Crippen molar-refractivity contribution in [1.29, 1.82) is 0 Å². The van der Waals surface area contributed by atoms with Gasteiger partial charge in [0.25, 0.3) is 0 Å². The number of piperazine rings is 1. The Balaban J connectivity index is 1.49. The number of hydrogen-bond donors (Lipinski definition) is 1. The fourth-order valence-corrected chi connectivity index (χ4v) is 5.55. The molecule has 0 aromatic carbocycles. The summed E-state index contributed by atoms with van der Waals surface area (Å²) in [5.41, 5.74) is 0. The molecule has 3 heterocycles. The van der Waals surface area contributed by atoms with Crippen molar-refractivity contribution in [3.05, 3.63) is 0 Å². The van der Waals surface area contributed by atoms with Crippen molar-refractivity contribution >= 4 is 23.4 Å². The third-order valence-electron chi connectivity index (χ3n) is 6.89. The molecule has 158 valence electrons. The van der Waals surface area contributed by atoms with Gasteiger partial charge in [0.15, 0.2) is 0 Å². The highest BCUT2D eigenvalue weighted by Crippen LogP contribution is 2.33. The van der Waals surface area contributed by atoms with E-state index in [1.165, 1.54) is 0 Å². The Hall–Kier alpha value is -0.920. The third-order valence-corrected chi connectivity index (χ3v) is 7.22. The average molecular weight is 416 g/mol. The molecule has 4 fully saturated rings. The van der Waals surface area contributed by atoms with Gasteiger partial charge in [-0.2, -0.15) is 0 Å². The molecule has 4 rings (SSSR count). The summed E-state index contributed by atoms with van der Waals surface area (Å²) in [5.74, 6) is 0.543. The van der Waals surface area contributed by atoms with E-state index in [2.05, 4.69) is 12.2 Å². The first-order chi connectivity index (χ1) is 13.4. The number of nitrogens with one attached hydrogen (secondary N) is 1. The summed E-state index contributed by atoms with van der Waals surface area (Å²) in [7, 11) is 0. The van der Waals surface area contributed by atoms with Crippen LogP contribution in [0, 0.1) is 17.8 Å². The Bertz CT molecular complexity index is 597. The minimum absolute atomic E-state index is 0.000805. The molecular formula is C20H31ClFN3O3. The zero-order valence-corrected chi connectivity index (χ0v) is 17.2. The molecule has 8 heteroatoms. The zero-order chi connectivity index (χ0) is 19.8. The lowest BCUT2D eigenvalue weighted by Crippen LogP contribution is -2.70. The first-order valence-corrected chi connectivity index (χ1v) is 11.1. The zero-order valence-electron chi connectivity index (χ0n) is 16.5. The molecule has 4 atom stereocenters. The van der Waals surface area contributed by atoms with E-state index in [9.17, 15) is 14.0 Å². The van der Waals surface area contributed by atoms with E-state index in [0.29, 0.717) is 39.1 Å². The van der Waals surface area contributed by atoms with Gasteiger partial charge in [-0.3, -0.25) is 14.9 Å². The minimum atomic E-state index is -0.717. The van der Waals surface area contributed by atoms with Crippen molar-refractivity contribution in [3.8, 4) is 0 Å². The molecule has 0 aromatic heterocycles. The first kappa shape index (κ1) is 20.4. The lowest BCUT2D eigenvalue weighted by atomic mass is 9.85. The highest BCUT2D eigenvalue weighted by Gasteiger charge is 2.49. The summed E-state index contributed by atoms with van der Waals surface area (Å²) in [6.07, 6.45) is 2.65. The van der Waals surface area contributed by atoms with Crippen LogP contribution in [-0.2, 0) is 14.3 Å². The molecule has 3 aliphatic heterocycles. The number of amides is 2. The van der Waals surface area contributed by atoms with E-state index in [1.54, 1.807) is 9.80 Å². The summed E-state index contributed by atoms with van der Waals surface area (Å²) in [4.78, 5) is 30.1. The Kier molecular flexibility index (Phi) is 6.14. The summed E-state index contributed by atoms with van der Waals surface area (Å²) < 4.78 is 18.8. The maximum Gasteiger partial charge on any atom is 0.247 e. The molecule has 0 spiro atoms. The van der Waals surface area contributed by atoms with E-state index in [4.69, 9.17) is 16.3 Å². The second-order valence-electron chi connectivity index (χ2n) is 9.04. The lowest BCUT2D eigenvalue weighted by Gasteiger charge is -2.50. The predicted molar refractivity (Wildman–Crippen MR) is 104 cm³/mol. The molecule has 1 aliphatic carbocycles. The maximum absolute atomic E-state index is 13.5. The second kappa shape index (κ2) is 8.44. The molecule has 6 nitrogen and oxygen atoms in total. The largest absolute Gasteiger partial charge is 0.380 e. The van der Waals surface area contributed by atoms with Crippen molar-refractivity contribution in [2.24, 2.45) is 17.8 Å². The molecule has 3 saturated heterocycles. The van der Waals surface area contributed by atoms with Crippen molar-refractivity contribution in [2.45, 2.75) is 62.8 Å². The predicted octanol–water partition coefficient (Wildman–Crippen LogP) is 1.76. The molecule has 0 radical (unpaired) electrons. The third kappa shape index (κ3) is 4.03. The second-order valence-corrected chi connectivity index (χ2v) is 9.65. The standard InChI is InChI=1S/C20H31ClFN3O3/c1-12-6-15(21)7-23-19(12)25-9-17(26)24(8-13-2-4-16(22)5-3-13)18(20(25)27)14-10-28-11-14/h12-16,18-19,23H,2-11H2,1H3/t12?,13?,15?,16?,18-,19?/m1/s1.